The molecule has 0 radical (unpaired) electrons. The first-order chi connectivity index (χ1) is 16.2. The molecule has 2 saturated heterocycles. The maximum atomic E-state index is 13.2. The van der Waals surface area contributed by atoms with Gasteiger partial charge in [-0.3, -0.25) is 14.5 Å². The van der Waals surface area contributed by atoms with Gasteiger partial charge in [-0.15, -0.1) is 0 Å². The number of ether oxygens (including phenoxy) is 1. The number of benzene rings is 3. The van der Waals surface area contributed by atoms with Crippen molar-refractivity contribution in [3.63, 3.8) is 0 Å². The highest BCUT2D eigenvalue weighted by Crippen LogP contribution is 2.33. The number of fused-ring (bicyclic) bond motifs is 2. The summed E-state index contributed by atoms with van der Waals surface area (Å²) in [6, 6.07) is 21.8. The number of amides is 2. The number of carbonyl (C=O) groups is 2. The van der Waals surface area contributed by atoms with E-state index in [4.69, 9.17) is 9.84 Å². The third-order valence-corrected chi connectivity index (χ3v) is 6.63. The van der Waals surface area contributed by atoms with E-state index in [-0.39, 0.29) is 23.8 Å². The molecule has 2 fully saturated rings. The van der Waals surface area contributed by atoms with Gasteiger partial charge in [0.25, 0.3) is 0 Å². The van der Waals surface area contributed by atoms with Gasteiger partial charge in [0.15, 0.2) is 0 Å². The standard InChI is InChI=1S/C26H26N2O3.CH4O/c1-31-23-12-5-3-8-18(23)15-20-13-14-22-24(27-20)26(30)28(25(22)29)16-19-10-6-9-17-7-2-4-11-21(17)19;1-2/h2-12,20,22,24,27H,13-16H2,1H3;2H,1H3. The first kappa shape index (κ1) is 23.0. The second-order valence-electron chi connectivity index (χ2n) is 8.44. The number of aliphatic hydroxyl groups excluding tert-OH is 1. The van der Waals surface area contributed by atoms with Gasteiger partial charge in [-0.05, 0) is 47.2 Å². The van der Waals surface area contributed by atoms with E-state index in [0.717, 1.165) is 54.0 Å². The average Bonchev–Trinajstić information content (AvgIpc) is 3.10. The Morgan fingerprint density at radius 2 is 1.61 bits per heavy atom. The molecule has 2 heterocycles. The van der Waals surface area contributed by atoms with E-state index in [9.17, 15) is 9.59 Å². The maximum Gasteiger partial charge on any atom is 0.247 e. The van der Waals surface area contributed by atoms with Gasteiger partial charge in [0, 0.05) is 13.2 Å². The van der Waals surface area contributed by atoms with Crippen LogP contribution in [0.5, 0.6) is 5.75 Å². The van der Waals surface area contributed by atoms with Crippen molar-refractivity contribution in [1.82, 2.24) is 10.2 Å². The summed E-state index contributed by atoms with van der Waals surface area (Å²) in [6.45, 7) is 0.324. The fourth-order valence-corrected chi connectivity index (χ4v) is 5.04. The van der Waals surface area contributed by atoms with E-state index in [0.29, 0.717) is 6.54 Å². The molecule has 3 aromatic carbocycles. The van der Waals surface area contributed by atoms with Gasteiger partial charge >= 0.3 is 0 Å². The third kappa shape index (κ3) is 4.49. The first-order valence-electron chi connectivity index (χ1n) is 11.3. The van der Waals surface area contributed by atoms with Gasteiger partial charge in [0.05, 0.1) is 25.6 Å². The van der Waals surface area contributed by atoms with Crippen molar-refractivity contribution in [2.45, 2.75) is 37.9 Å². The SMILES string of the molecule is CO.COc1ccccc1CC1CCC2C(=O)N(Cc3cccc4ccccc34)C(=O)C2N1. The molecule has 5 rings (SSSR count). The highest BCUT2D eigenvalue weighted by Gasteiger charge is 2.50. The molecule has 2 aliphatic rings. The highest BCUT2D eigenvalue weighted by atomic mass is 16.5. The van der Waals surface area contributed by atoms with E-state index < -0.39 is 6.04 Å². The van der Waals surface area contributed by atoms with Gasteiger partial charge in [-0.2, -0.15) is 0 Å². The zero-order valence-electron chi connectivity index (χ0n) is 19.0. The van der Waals surface area contributed by atoms with Gasteiger partial charge in [0.1, 0.15) is 5.75 Å². The molecule has 172 valence electrons. The molecule has 6 nitrogen and oxygen atoms in total. The van der Waals surface area contributed by atoms with Crippen LogP contribution in [0.2, 0.25) is 0 Å². The number of methoxy groups -OCH3 is 1. The highest BCUT2D eigenvalue weighted by molar-refractivity contribution is 6.07. The summed E-state index contributed by atoms with van der Waals surface area (Å²) in [6.07, 6.45) is 2.37. The lowest BCUT2D eigenvalue weighted by molar-refractivity contribution is -0.140. The van der Waals surface area contributed by atoms with Crippen molar-refractivity contribution in [2.24, 2.45) is 5.92 Å². The van der Waals surface area contributed by atoms with E-state index in [2.05, 4.69) is 23.5 Å². The van der Waals surface area contributed by atoms with Crippen LogP contribution in [0.1, 0.15) is 24.0 Å². The Morgan fingerprint density at radius 1 is 0.909 bits per heavy atom. The summed E-state index contributed by atoms with van der Waals surface area (Å²) in [4.78, 5) is 27.8. The minimum atomic E-state index is -0.434. The van der Waals surface area contributed by atoms with E-state index in [1.807, 2.05) is 48.5 Å². The number of nitrogens with zero attached hydrogens (tertiary/aromatic N) is 1. The molecule has 0 bridgehead atoms. The Labute approximate surface area is 194 Å². The van der Waals surface area contributed by atoms with Crippen LogP contribution in [0.25, 0.3) is 10.8 Å². The molecule has 0 saturated carbocycles. The van der Waals surface area contributed by atoms with Gasteiger partial charge in [0.2, 0.25) is 11.8 Å². The van der Waals surface area contributed by atoms with E-state index in [1.165, 1.54) is 4.90 Å². The number of hydrogen-bond donors (Lipinski definition) is 2. The lowest BCUT2D eigenvalue weighted by Gasteiger charge is -2.30. The molecular formula is C27H30N2O4. The lowest BCUT2D eigenvalue weighted by Crippen LogP contribution is -2.50. The Morgan fingerprint density at radius 3 is 2.42 bits per heavy atom. The minimum absolute atomic E-state index is 0.0498. The molecule has 3 unspecified atom stereocenters. The van der Waals surface area contributed by atoms with Crippen LogP contribution in [0.4, 0.5) is 0 Å². The Bertz CT molecular complexity index is 1140. The normalized spacial score (nSPS) is 22.0. The van der Waals surface area contributed by atoms with Crippen LogP contribution in [-0.2, 0) is 22.6 Å². The van der Waals surface area contributed by atoms with Crippen LogP contribution >= 0.6 is 0 Å². The lowest BCUT2D eigenvalue weighted by atomic mass is 9.87. The molecule has 33 heavy (non-hydrogen) atoms. The molecule has 3 aromatic rings. The molecule has 2 N–H and O–H groups in total. The van der Waals surface area contributed by atoms with Crippen molar-refractivity contribution in [3.05, 3.63) is 77.9 Å². The molecule has 0 spiro atoms. The predicted octanol–water partition coefficient (Wildman–Crippen LogP) is 3.31. The second kappa shape index (κ2) is 10.1. The monoisotopic (exact) mass is 446 g/mol. The number of nitrogens with one attached hydrogen (secondary N) is 1. The van der Waals surface area contributed by atoms with Crippen molar-refractivity contribution in [3.8, 4) is 5.75 Å². The van der Waals surface area contributed by atoms with Crippen molar-refractivity contribution < 1.29 is 19.4 Å². The van der Waals surface area contributed by atoms with Crippen molar-refractivity contribution >= 4 is 22.6 Å². The molecule has 0 aromatic heterocycles. The number of likely N-dealkylation sites (tertiary alicyclic amines) is 1. The zero-order valence-corrected chi connectivity index (χ0v) is 19.0. The fourth-order valence-electron chi connectivity index (χ4n) is 5.04. The van der Waals surface area contributed by atoms with Crippen LogP contribution in [0.3, 0.4) is 0 Å². The Kier molecular flexibility index (Phi) is 7.06. The van der Waals surface area contributed by atoms with Crippen molar-refractivity contribution in [1.29, 1.82) is 0 Å². The summed E-state index contributed by atoms with van der Waals surface area (Å²) in [5.41, 5.74) is 2.12. The smallest absolute Gasteiger partial charge is 0.247 e. The zero-order chi connectivity index (χ0) is 23.4. The summed E-state index contributed by atoms with van der Waals surface area (Å²) in [5, 5.41) is 12.7. The number of para-hydroxylation sites is 1. The number of hydrogen-bond acceptors (Lipinski definition) is 5. The maximum absolute atomic E-state index is 13.2. The largest absolute Gasteiger partial charge is 0.496 e. The van der Waals surface area contributed by atoms with E-state index in [1.54, 1.807) is 7.11 Å². The second-order valence-corrected chi connectivity index (χ2v) is 8.44. The summed E-state index contributed by atoms with van der Waals surface area (Å²) < 4.78 is 5.47. The predicted molar refractivity (Wildman–Crippen MR) is 128 cm³/mol. The molecule has 6 heteroatoms. The molecule has 2 amide bonds. The fraction of sp³-hybridized carbons (Fsp3) is 0.333. The summed E-state index contributed by atoms with van der Waals surface area (Å²) >= 11 is 0. The topological polar surface area (TPSA) is 78.9 Å². The summed E-state index contributed by atoms with van der Waals surface area (Å²) in [5.74, 6) is 0.438. The molecular weight excluding hydrogens is 416 g/mol. The first-order valence-corrected chi connectivity index (χ1v) is 11.3. The van der Waals surface area contributed by atoms with E-state index >= 15 is 0 Å². The van der Waals surface area contributed by atoms with Crippen LogP contribution in [0.15, 0.2) is 66.7 Å². The van der Waals surface area contributed by atoms with Crippen LogP contribution in [0, 0.1) is 5.92 Å². The van der Waals surface area contributed by atoms with Gasteiger partial charge < -0.3 is 15.2 Å². The Balaban J connectivity index is 0.00000126. The molecule has 3 atom stereocenters. The number of piperidine rings is 1. The number of carbonyl (C=O) groups excluding carboxylic acids is 2. The number of rotatable bonds is 5. The molecule has 0 aliphatic carbocycles. The summed E-state index contributed by atoms with van der Waals surface area (Å²) in [7, 11) is 2.67. The van der Waals surface area contributed by atoms with Crippen LogP contribution < -0.4 is 10.1 Å². The third-order valence-electron chi connectivity index (χ3n) is 6.63. The Hall–Kier alpha value is -3.22. The average molecular weight is 447 g/mol. The molecule has 2 aliphatic heterocycles. The minimum Gasteiger partial charge on any atom is -0.496 e. The van der Waals surface area contributed by atoms with Crippen molar-refractivity contribution in [2.75, 3.05) is 14.2 Å². The quantitative estimate of drug-likeness (QED) is 0.588. The van der Waals surface area contributed by atoms with Crippen LogP contribution in [-0.4, -0.2) is 48.1 Å². The number of imide groups is 1. The van der Waals surface area contributed by atoms with Gasteiger partial charge in [-0.25, -0.2) is 0 Å². The van der Waals surface area contributed by atoms with Gasteiger partial charge in [-0.1, -0.05) is 60.7 Å². The number of aliphatic hydroxyl groups is 1.